The first-order valence-electron chi connectivity index (χ1n) is 8.67. The number of carbonyl (C=O) groups excluding carboxylic acids is 2. The molecule has 2 N–H and O–H groups in total. The summed E-state index contributed by atoms with van der Waals surface area (Å²) >= 11 is 0. The number of nitrogens with zero attached hydrogens (tertiary/aromatic N) is 3. The van der Waals surface area contributed by atoms with Crippen LogP contribution >= 0.6 is 0 Å². The summed E-state index contributed by atoms with van der Waals surface area (Å²) in [4.78, 5) is 27.4. The lowest BCUT2D eigenvalue weighted by Gasteiger charge is -2.08. The van der Waals surface area contributed by atoms with E-state index in [-0.39, 0.29) is 11.8 Å². The number of hydrogen-bond donors (Lipinski definition) is 2. The van der Waals surface area contributed by atoms with Crippen molar-refractivity contribution in [1.29, 1.82) is 0 Å². The first-order chi connectivity index (χ1) is 13.5. The minimum Gasteiger partial charge on any atom is -0.462 e. The second-order valence-corrected chi connectivity index (χ2v) is 5.85. The van der Waals surface area contributed by atoms with Crippen LogP contribution in [0, 0.1) is 0 Å². The Labute approximate surface area is 162 Å². The summed E-state index contributed by atoms with van der Waals surface area (Å²) < 4.78 is 4.96. The van der Waals surface area contributed by atoms with Crippen LogP contribution in [0.15, 0.2) is 54.7 Å². The highest BCUT2D eigenvalue weighted by molar-refractivity contribution is 5.94. The van der Waals surface area contributed by atoms with Gasteiger partial charge >= 0.3 is 5.97 Å². The molecule has 0 saturated carbocycles. The third kappa shape index (κ3) is 4.88. The summed E-state index contributed by atoms with van der Waals surface area (Å²) in [5.74, 6) is 0.440. The molecule has 0 spiro atoms. The normalized spacial score (nSPS) is 10.2. The number of rotatable bonds is 7. The number of anilines is 4. The van der Waals surface area contributed by atoms with Gasteiger partial charge in [-0.25, -0.2) is 4.79 Å². The van der Waals surface area contributed by atoms with Crippen LogP contribution in [-0.4, -0.2) is 33.5 Å². The Kier molecular flexibility index (Phi) is 5.91. The lowest BCUT2D eigenvalue weighted by atomic mass is 10.1. The highest BCUT2D eigenvalue weighted by Gasteiger charge is 2.07. The lowest BCUT2D eigenvalue weighted by Crippen LogP contribution is -2.05. The van der Waals surface area contributed by atoms with Crippen molar-refractivity contribution in [3.05, 3.63) is 65.9 Å². The van der Waals surface area contributed by atoms with Gasteiger partial charge in [0.2, 0.25) is 5.95 Å². The fraction of sp³-hybridized carbons (Fsp3) is 0.150. The van der Waals surface area contributed by atoms with Gasteiger partial charge in [0.25, 0.3) is 0 Å². The van der Waals surface area contributed by atoms with E-state index in [4.69, 9.17) is 4.74 Å². The van der Waals surface area contributed by atoms with E-state index in [1.165, 1.54) is 13.1 Å². The number of aromatic nitrogens is 3. The zero-order valence-corrected chi connectivity index (χ0v) is 15.5. The smallest absolute Gasteiger partial charge is 0.338 e. The molecule has 8 heteroatoms. The van der Waals surface area contributed by atoms with Crippen LogP contribution in [-0.2, 0) is 4.74 Å². The summed E-state index contributed by atoms with van der Waals surface area (Å²) in [6.45, 7) is 3.61. The van der Waals surface area contributed by atoms with Crippen molar-refractivity contribution in [3.8, 4) is 0 Å². The summed E-state index contributed by atoms with van der Waals surface area (Å²) in [6.07, 6.45) is 1.49. The maximum absolute atomic E-state index is 11.7. The molecule has 28 heavy (non-hydrogen) atoms. The van der Waals surface area contributed by atoms with Gasteiger partial charge in [-0.05, 0) is 62.4 Å². The van der Waals surface area contributed by atoms with Crippen LogP contribution in [0.25, 0.3) is 0 Å². The van der Waals surface area contributed by atoms with E-state index < -0.39 is 0 Å². The zero-order valence-electron chi connectivity index (χ0n) is 15.5. The largest absolute Gasteiger partial charge is 0.462 e. The van der Waals surface area contributed by atoms with Gasteiger partial charge in [0, 0.05) is 16.9 Å². The van der Waals surface area contributed by atoms with Crippen LogP contribution in [0.4, 0.5) is 23.1 Å². The SMILES string of the molecule is CCOC(=O)c1ccc(Nc2cnnc(Nc3ccc(C(C)=O)cc3)n2)cc1. The first-order valence-corrected chi connectivity index (χ1v) is 8.67. The highest BCUT2D eigenvalue weighted by atomic mass is 16.5. The van der Waals surface area contributed by atoms with Crippen LogP contribution in [0.2, 0.25) is 0 Å². The van der Waals surface area contributed by atoms with E-state index in [0.29, 0.717) is 29.5 Å². The molecule has 0 aliphatic heterocycles. The summed E-state index contributed by atoms with van der Waals surface area (Å²) in [7, 11) is 0. The van der Waals surface area contributed by atoms with Crippen molar-refractivity contribution in [2.75, 3.05) is 17.2 Å². The maximum atomic E-state index is 11.7. The Morgan fingerprint density at radius 2 is 1.54 bits per heavy atom. The molecule has 0 amide bonds. The second-order valence-electron chi connectivity index (χ2n) is 5.85. The standard InChI is InChI=1S/C20H19N5O3/c1-3-28-19(27)15-6-10-16(11-7-15)22-18-12-21-25-20(24-18)23-17-8-4-14(5-9-17)13(2)26/h4-12H,3H2,1-2H3,(H2,22,23,24,25). The van der Waals surface area contributed by atoms with Gasteiger partial charge in [0.1, 0.15) is 0 Å². The van der Waals surface area contributed by atoms with Crippen LogP contribution in [0.1, 0.15) is 34.6 Å². The average Bonchev–Trinajstić information content (AvgIpc) is 2.69. The van der Waals surface area contributed by atoms with Crippen LogP contribution < -0.4 is 10.6 Å². The number of ether oxygens (including phenoxy) is 1. The summed E-state index contributed by atoms with van der Waals surface area (Å²) in [5.41, 5.74) is 2.59. The number of esters is 1. The number of hydrogen-bond acceptors (Lipinski definition) is 8. The summed E-state index contributed by atoms with van der Waals surface area (Å²) in [5, 5.41) is 14.0. The monoisotopic (exact) mass is 377 g/mol. The Bertz CT molecular complexity index is 972. The fourth-order valence-electron chi connectivity index (χ4n) is 2.39. The van der Waals surface area contributed by atoms with Gasteiger partial charge in [-0.2, -0.15) is 10.1 Å². The molecule has 8 nitrogen and oxygen atoms in total. The third-order valence-electron chi connectivity index (χ3n) is 3.77. The average molecular weight is 377 g/mol. The molecule has 1 heterocycles. The quantitative estimate of drug-likeness (QED) is 0.474. The van der Waals surface area contributed by atoms with Crippen LogP contribution in [0.5, 0.6) is 0 Å². The van der Waals surface area contributed by atoms with Crippen molar-refractivity contribution < 1.29 is 14.3 Å². The first kappa shape index (κ1) is 19.0. The second kappa shape index (κ2) is 8.72. The predicted octanol–water partition coefficient (Wildman–Crippen LogP) is 3.74. The van der Waals surface area contributed by atoms with Crippen molar-refractivity contribution in [2.45, 2.75) is 13.8 Å². The molecule has 0 saturated heterocycles. The van der Waals surface area contributed by atoms with Crippen molar-refractivity contribution in [2.24, 2.45) is 0 Å². The van der Waals surface area contributed by atoms with E-state index in [1.54, 1.807) is 55.5 Å². The molecule has 0 atom stereocenters. The molecule has 0 fully saturated rings. The molecule has 3 aromatic rings. The Morgan fingerprint density at radius 1 is 0.929 bits per heavy atom. The van der Waals surface area contributed by atoms with Gasteiger partial charge in [-0.1, -0.05) is 0 Å². The molecule has 0 aliphatic carbocycles. The number of nitrogens with one attached hydrogen (secondary N) is 2. The van der Waals surface area contributed by atoms with E-state index in [1.807, 2.05) is 0 Å². The Morgan fingerprint density at radius 3 is 2.14 bits per heavy atom. The molecule has 3 rings (SSSR count). The van der Waals surface area contributed by atoms with E-state index in [0.717, 1.165) is 11.4 Å². The van der Waals surface area contributed by atoms with Gasteiger partial charge in [-0.15, -0.1) is 5.10 Å². The van der Waals surface area contributed by atoms with Gasteiger partial charge in [-0.3, -0.25) is 4.79 Å². The maximum Gasteiger partial charge on any atom is 0.338 e. The van der Waals surface area contributed by atoms with Crippen molar-refractivity contribution in [1.82, 2.24) is 15.2 Å². The van der Waals surface area contributed by atoms with Gasteiger partial charge in [0.05, 0.1) is 18.4 Å². The molecule has 0 aliphatic rings. The number of carbonyl (C=O) groups is 2. The van der Waals surface area contributed by atoms with E-state index in [9.17, 15) is 9.59 Å². The minimum atomic E-state index is -0.361. The molecular weight excluding hydrogens is 358 g/mol. The van der Waals surface area contributed by atoms with Crippen molar-refractivity contribution in [3.63, 3.8) is 0 Å². The topological polar surface area (TPSA) is 106 Å². The molecule has 0 bridgehead atoms. The van der Waals surface area contributed by atoms with Gasteiger partial charge in [0.15, 0.2) is 11.6 Å². The van der Waals surface area contributed by atoms with Gasteiger partial charge < -0.3 is 15.4 Å². The predicted molar refractivity (Wildman–Crippen MR) is 105 cm³/mol. The van der Waals surface area contributed by atoms with Crippen molar-refractivity contribution >= 4 is 34.9 Å². The Hall–Kier alpha value is -3.81. The molecule has 2 aromatic carbocycles. The summed E-state index contributed by atoms with van der Waals surface area (Å²) in [6, 6.07) is 13.8. The number of Topliss-reactive ketones (excluding diaryl/α,β-unsaturated/α-hetero) is 1. The molecule has 142 valence electrons. The zero-order chi connectivity index (χ0) is 19.9. The number of benzene rings is 2. The molecular formula is C20H19N5O3. The van der Waals surface area contributed by atoms with E-state index in [2.05, 4.69) is 25.8 Å². The molecule has 0 radical (unpaired) electrons. The Balaban J connectivity index is 1.67. The van der Waals surface area contributed by atoms with Crippen LogP contribution in [0.3, 0.4) is 0 Å². The molecule has 0 unspecified atom stereocenters. The minimum absolute atomic E-state index is 0.00430. The highest BCUT2D eigenvalue weighted by Crippen LogP contribution is 2.18. The van der Waals surface area contributed by atoms with E-state index >= 15 is 0 Å². The fourth-order valence-corrected chi connectivity index (χ4v) is 2.39. The number of ketones is 1. The lowest BCUT2D eigenvalue weighted by molar-refractivity contribution is 0.0526. The third-order valence-corrected chi connectivity index (χ3v) is 3.77. The molecule has 1 aromatic heterocycles.